The summed E-state index contributed by atoms with van der Waals surface area (Å²) in [4.78, 5) is 11.7. The Labute approximate surface area is 106 Å². The molecule has 7 heteroatoms. The first-order valence-corrected chi connectivity index (χ1v) is 7.36. The van der Waals surface area contributed by atoms with Crippen LogP contribution in [0.15, 0.2) is 15.4 Å². The Morgan fingerprint density at radius 2 is 2.06 bits per heavy atom. The third-order valence-corrected chi connectivity index (χ3v) is 4.11. The Morgan fingerprint density at radius 1 is 1.44 bits per heavy atom. The second-order valence-electron chi connectivity index (χ2n) is 4.53. The molecule has 1 fully saturated rings. The summed E-state index contributed by atoms with van der Waals surface area (Å²) >= 11 is 0. The lowest BCUT2D eigenvalue weighted by molar-refractivity contribution is 0.0908. The van der Waals surface area contributed by atoms with Gasteiger partial charge in [0.2, 0.25) is 10.0 Å². The smallest absolute Gasteiger partial charge is 0.287 e. The third kappa shape index (κ3) is 2.73. The highest BCUT2D eigenvalue weighted by molar-refractivity contribution is 7.89. The molecule has 0 spiro atoms. The largest absolute Gasteiger partial charge is 0.455 e. The molecule has 1 amide bonds. The van der Waals surface area contributed by atoms with Crippen molar-refractivity contribution in [2.75, 3.05) is 0 Å². The highest BCUT2D eigenvalue weighted by Gasteiger charge is 2.23. The van der Waals surface area contributed by atoms with E-state index in [4.69, 9.17) is 9.56 Å². The van der Waals surface area contributed by atoms with Crippen LogP contribution < -0.4 is 10.5 Å². The SMILES string of the molecule is Cc1oc(C(=O)NC2CCCC2)cc1S(N)(=O)=O. The molecular formula is C11H16N2O4S. The van der Waals surface area contributed by atoms with Crippen molar-refractivity contribution in [1.82, 2.24) is 5.32 Å². The molecule has 0 unspecified atom stereocenters. The van der Waals surface area contributed by atoms with Crippen LogP contribution in [0.1, 0.15) is 42.0 Å². The van der Waals surface area contributed by atoms with Gasteiger partial charge >= 0.3 is 0 Å². The molecule has 0 radical (unpaired) electrons. The molecule has 6 nitrogen and oxygen atoms in total. The van der Waals surface area contributed by atoms with Crippen LogP contribution in [0.3, 0.4) is 0 Å². The number of sulfonamides is 1. The van der Waals surface area contributed by atoms with Crippen molar-refractivity contribution >= 4 is 15.9 Å². The summed E-state index contributed by atoms with van der Waals surface area (Å²) in [6.07, 6.45) is 4.11. The number of carbonyl (C=O) groups excluding carboxylic acids is 1. The van der Waals surface area contributed by atoms with Crippen LogP contribution in [0.4, 0.5) is 0 Å². The summed E-state index contributed by atoms with van der Waals surface area (Å²) in [5, 5.41) is 7.83. The molecule has 1 aliphatic rings. The maximum atomic E-state index is 11.9. The van der Waals surface area contributed by atoms with Crippen LogP contribution in [0.5, 0.6) is 0 Å². The van der Waals surface area contributed by atoms with E-state index < -0.39 is 10.0 Å². The Morgan fingerprint density at radius 3 is 2.56 bits per heavy atom. The quantitative estimate of drug-likeness (QED) is 0.853. The lowest BCUT2D eigenvalue weighted by Gasteiger charge is -2.09. The standard InChI is InChI=1S/C11H16N2O4S/c1-7-10(18(12,15)16)6-9(17-7)11(14)13-8-4-2-3-5-8/h6,8H,2-5H2,1H3,(H,13,14)(H2,12,15,16). The van der Waals surface area contributed by atoms with E-state index >= 15 is 0 Å². The third-order valence-electron chi connectivity index (χ3n) is 3.09. The van der Waals surface area contributed by atoms with E-state index in [0.29, 0.717) is 0 Å². The van der Waals surface area contributed by atoms with Gasteiger partial charge in [-0.3, -0.25) is 4.79 Å². The molecule has 0 atom stereocenters. The molecule has 1 saturated carbocycles. The first kappa shape index (κ1) is 13.1. The van der Waals surface area contributed by atoms with E-state index in [1.54, 1.807) is 0 Å². The maximum absolute atomic E-state index is 11.9. The topological polar surface area (TPSA) is 102 Å². The molecule has 1 aliphatic carbocycles. The zero-order valence-electron chi connectivity index (χ0n) is 10.1. The van der Waals surface area contributed by atoms with Gasteiger partial charge in [-0.15, -0.1) is 0 Å². The summed E-state index contributed by atoms with van der Waals surface area (Å²) in [6.45, 7) is 1.46. The normalized spacial score (nSPS) is 17.0. The van der Waals surface area contributed by atoms with Crippen molar-refractivity contribution in [1.29, 1.82) is 0 Å². The van der Waals surface area contributed by atoms with E-state index in [1.165, 1.54) is 13.0 Å². The molecule has 0 bridgehead atoms. The Bertz CT molecular complexity index is 556. The van der Waals surface area contributed by atoms with Crippen molar-refractivity contribution < 1.29 is 17.6 Å². The van der Waals surface area contributed by atoms with Crippen LogP contribution in [-0.2, 0) is 10.0 Å². The summed E-state index contributed by atoms with van der Waals surface area (Å²) in [6, 6.07) is 1.33. The fraction of sp³-hybridized carbons (Fsp3) is 0.545. The van der Waals surface area contributed by atoms with Gasteiger partial charge in [-0.05, 0) is 19.8 Å². The number of hydrogen-bond acceptors (Lipinski definition) is 4. The second-order valence-corrected chi connectivity index (χ2v) is 6.06. The average molecular weight is 272 g/mol. The van der Waals surface area contributed by atoms with Gasteiger partial charge in [-0.2, -0.15) is 0 Å². The van der Waals surface area contributed by atoms with Crippen molar-refractivity contribution in [2.45, 2.75) is 43.5 Å². The van der Waals surface area contributed by atoms with Crippen molar-refractivity contribution in [3.05, 3.63) is 17.6 Å². The Kier molecular flexibility index (Phi) is 3.45. The zero-order valence-corrected chi connectivity index (χ0v) is 10.9. The zero-order chi connectivity index (χ0) is 13.3. The molecule has 1 heterocycles. The molecule has 3 N–H and O–H groups in total. The Balaban J connectivity index is 2.16. The predicted molar refractivity (Wildman–Crippen MR) is 64.5 cm³/mol. The lowest BCUT2D eigenvalue weighted by Crippen LogP contribution is -2.32. The summed E-state index contributed by atoms with van der Waals surface area (Å²) in [5.41, 5.74) is 0. The summed E-state index contributed by atoms with van der Waals surface area (Å²) < 4.78 is 27.6. The average Bonchev–Trinajstić information content (AvgIpc) is 2.85. The Hall–Kier alpha value is -1.34. The molecule has 1 aromatic rings. The first-order chi connectivity index (χ1) is 8.38. The summed E-state index contributed by atoms with van der Waals surface area (Å²) in [5.74, 6) is -0.266. The van der Waals surface area contributed by atoms with E-state index in [9.17, 15) is 13.2 Å². The van der Waals surface area contributed by atoms with E-state index in [0.717, 1.165) is 25.7 Å². The fourth-order valence-corrected chi connectivity index (χ4v) is 2.90. The minimum Gasteiger partial charge on any atom is -0.455 e. The van der Waals surface area contributed by atoms with Gasteiger partial charge in [0.1, 0.15) is 10.7 Å². The molecule has 1 aromatic heterocycles. The van der Waals surface area contributed by atoms with Gasteiger partial charge < -0.3 is 9.73 Å². The van der Waals surface area contributed by atoms with E-state index in [-0.39, 0.29) is 28.4 Å². The van der Waals surface area contributed by atoms with Gasteiger partial charge in [-0.1, -0.05) is 12.8 Å². The molecule has 0 aromatic carbocycles. The highest BCUT2D eigenvalue weighted by Crippen LogP contribution is 2.21. The van der Waals surface area contributed by atoms with Gasteiger partial charge in [-0.25, -0.2) is 13.6 Å². The molecule has 18 heavy (non-hydrogen) atoms. The number of aryl methyl sites for hydroxylation is 1. The van der Waals surface area contributed by atoms with Gasteiger partial charge in [0.15, 0.2) is 5.76 Å². The van der Waals surface area contributed by atoms with Crippen LogP contribution in [-0.4, -0.2) is 20.4 Å². The van der Waals surface area contributed by atoms with Gasteiger partial charge in [0, 0.05) is 12.1 Å². The van der Waals surface area contributed by atoms with Crippen molar-refractivity contribution in [3.63, 3.8) is 0 Å². The second kappa shape index (κ2) is 4.74. The number of primary sulfonamides is 1. The molecule has 2 rings (SSSR count). The number of carbonyl (C=O) groups is 1. The van der Waals surface area contributed by atoms with Crippen molar-refractivity contribution in [3.8, 4) is 0 Å². The van der Waals surface area contributed by atoms with Crippen LogP contribution >= 0.6 is 0 Å². The highest BCUT2D eigenvalue weighted by atomic mass is 32.2. The first-order valence-electron chi connectivity index (χ1n) is 5.82. The fourth-order valence-electron chi connectivity index (χ4n) is 2.19. The number of hydrogen-bond donors (Lipinski definition) is 2. The van der Waals surface area contributed by atoms with E-state index in [2.05, 4.69) is 5.32 Å². The number of nitrogens with two attached hydrogens (primary N) is 1. The predicted octanol–water partition coefficient (Wildman–Crippen LogP) is 0.908. The molecule has 0 aliphatic heterocycles. The molecule has 0 saturated heterocycles. The van der Waals surface area contributed by atoms with Crippen LogP contribution in [0.2, 0.25) is 0 Å². The van der Waals surface area contributed by atoms with Crippen molar-refractivity contribution in [2.24, 2.45) is 5.14 Å². The minimum atomic E-state index is -3.85. The van der Waals surface area contributed by atoms with Gasteiger partial charge in [0.05, 0.1) is 0 Å². The minimum absolute atomic E-state index is 0.0107. The maximum Gasteiger partial charge on any atom is 0.287 e. The number of furan rings is 1. The molecule has 100 valence electrons. The van der Waals surface area contributed by atoms with Crippen LogP contribution in [0.25, 0.3) is 0 Å². The van der Waals surface area contributed by atoms with Gasteiger partial charge in [0.25, 0.3) is 5.91 Å². The number of rotatable bonds is 3. The summed E-state index contributed by atoms with van der Waals surface area (Å²) in [7, 11) is -3.85. The number of amides is 1. The van der Waals surface area contributed by atoms with E-state index in [1.807, 2.05) is 0 Å². The van der Waals surface area contributed by atoms with Crippen LogP contribution in [0, 0.1) is 6.92 Å². The lowest BCUT2D eigenvalue weighted by atomic mass is 10.2. The molecular weight excluding hydrogens is 256 g/mol. The number of nitrogens with one attached hydrogen (secondary N) is 1. The monoisotopic (exact) mass is 272 g/mol.